The molecule has 1 heterocycles. The van der Waals surface area contributed by atoms with Crippen LogP contribution in [0.1, 0.15) is 53.4 Å². The number of carbonyl (C=O) groups is 3. The maximum atomic E-state index is 12.8. The van der Waals surface area contributed by atoms with Gasteiger partial charge in [-0.15, -0.1) is 11.3 Å². The maximum absolute atomic E-state index is 12.8. The lowest BCUT2D eigenvalue weighted by Gasteiger charge is -2.24. The molecule has 0 unspecified atom stereocenters. The number of allylic oxidation sites excluding steroid dienone is 2. The van der Waals surface area contributed by atoms with Crippen molar-refractivity contribution < 1.29 is 19.5 Å². The number of hydrogen-bond donors (Lipinski definition) is 3. The van der Waals surface area contributed by atoms with Crippen LogP contribution < -0.4 is 10.6 Å². The molecule has 3 rings (SSSR count). The Morgan fingerprint density at radius 3 is 2.42 bits per heavy atom. The fraction of sp³-hybridized carbons (Fsp3) is 0.526. The summed E-state index contributed by atoms with van der Waals surface area (Å²) in [4.78, 5) is 37.9. The van der Waals surface area contributed by atoms with E-state index in [9.17, 15) is 19.5 Å². The predicted molar refractivity (Wildman–Crippen MR) is 101 cm³/mol. The highest BCUT2D eigenvalue weighted by Gasteiger charge is 2.35. The minimum atomic E-state index is -0.960. The zero-order chi connectivity index (χ0) is 18.8. The van der Waals surface area contributed by atoms with Crippen molar-refractivity contribution in [1.82, 2.24) is 5.32 Å². The Bertz CT molecular complexity index is 764. The van der Waals surface area contributed by atoms with Crippen molar-refractivity contribution >= 4 is 34.1 Å². The molecule has 1 aromatic rings. The van der Waals surface area contributed by atoms with Crippen molar-refractivity contribution in [2.45, 2.75) is 52.0 Å². The van der Waals surface area contributed by atoms with Gasteiger partial charge < -0.3 is 15.7 Å². The number of aliphatic carboxylic acids is 1. The molecule has 2 aliphatic carbocycles. The van der Waals surface area contributed by atoms with Crippen LogP contribution in [0.5, 0.6) is 0 Å². The van der Waals surface area contributed by atoms with E-state index in [1.54, 1.807) is 0 Å². The van der Waals surface area contributed by atoms with Crippen LogP contribution in [0.25, 0.3) is 0 Å². The molecule has 1 saturated carbocycles. The van der Waals surface area contributed by atoms with Crippen LogP contribution in [-0.4, -0.2) is 28.9 Å². The third kappa shape index (κ3) is 3.82. The van der Waals surface area contributed by atoms with Crippen LogP contribution in [0.3, 0.4) is 0 Å². The van der Waals surface area contributed by atoms with Crippen LogP contribution in [0.2, 0.25) is 0 Å². The summed E-state index contributed by atoms with van der Waals surface area (Å²) in [5, 5.41) is 15.8. The fourth-order valence-corrected chi connectivity index (χ4v) is 4.54. The Morgan fingerprint density at radius 1 is 1.19 bits per heavy atom. The van der Waals surface area contributed by atoms with Crippen molar-refractivity contribution in [3.05, 3.63) is 28.2 Å². The Balaban J connectivity index is 1.84. The third-order valence-corrected chi connectivity index (χ3v) is 6.09. The van der Waals surface area contributed by atoms with Gasteiger partial charge >= 0.3 is 5.97 Å². The first-order valence-corrected chi connectivity index (χ1v) is 9.85. The van der Waals surface area contributed by atoms with Gasteiger partial charge in [0.2, 0.25) is 5.91 Å². The molecule has 7 heteroatoms. The lowest BCUT2D eigenvalue weighted by atomic mass is 9.82. The Hall–Kier alpha value is -2.15. The van der Waals surface area contributed by atoms with Crippen LogP contribution in [0.4, 0.5) is 5.00 Å². The SMILES string of the molecule is CCc1c(C)sc(NC(=O)[C@H]2CC=CC[C@H]2C(=O)O)c1C(=O)NC1CC1. The van der Waals surface area contributed by atoms with E-state index in [2.05, 4.69) is 10.6 Å². The smallest absolute Gasteiger partial charge is 0.307 e. The van der Waals surface area contributed by atoms with Crippen molar-refractivity contribution in [2.24, 2.45) is 11.8 Å². The second kappa shape index (κ2) is 7.61. The van der Waals surface area contributed by atoms with E-state index in [1.807, 2.05) is 26.0 Å². The number of nitrogens with one attached hydrogen (secondary N) is 2. The zero-order valence-electron chi connectivity index (χ0n) is 15.0. The number of amides is 2. The maximum Gasteiger partial charge on any atom is 0.307 e. The van der Waals surface area contributed by atoms with E-state index >= 15 is 0 Å². The van der Waals surface area contributed by atoms with Crippen molar-refractivity contribution in [2.75, 3.05) is 5.32 Å². The van der Waals surface area contributed by atoms with Gasteiger partial charge in [-0.25, -0.2) is 0 Å². The molecule has 0 bridgehead atoms. The molecule has 26 heavy (non-hydrogen) atoms. The average molecular weight is 376 g/mol. The number of carbonyl (C=O) groups excluding carboxylic acids is 2. The summed E-state index contributed by atoms with van der Waals surface area (Å²) in [6.07, 6.45) is 7.10. The van der Waals surface area contributed by atoms with Gasteiger partial charge in [0.1, 0.15) is 5.00 Å². The monoisotopic (exact) mass is 376 g/mol. The molecule has 140 valence electrons. The number of anilines is 1. The molecule has 1 aromatic heterocycles. The van der Waals surface area contributed by atoms with Gasteiger partial charge in [0.25, 0.3) is 5.91 Å². The fourth-order valence-electron chi connectivity index (χ4n) is 3.40. The number of carboxylic acids is 1. The molecule has 3 N–H and O–H groups in total. The second-order valence-electron chi connectivity index (χ2n) is 6.93. The second-order valence-corrected chi connectivity index (χ2v) is 8.15. The van der Waals surface area contributed by atoms with Gasteiger partial charge in [-0.3, -0.25) is 14.4 Å². The summed E-state index contributed by atoms with van der Waals surface area (Å²) in [5.74, 6) is -2.79. The minimum Gasteiger partial charge on any atom is -0.481 e. The number of thiophene rings is 1. The van der Waals surface area contributed by atoms with E-state index in [-0.39, 0.29) is 17.9 Å². The highest BCUT2D eigenvalue weighted by Crippen LogP contribution is 2.36. The molecular formula is C19H24N2O4S. The van der Waals surface area contributed by atoms with Crippen molar-refractivity contribution in [3.8, 4) is 0 Å². The van der Waals surface area contributed by atoms with Gasteiger partial charge in [-0.05, 0) is 44.6 Å². The summed E-state index contributed by atoms with van der Waals surface area (Å²) >= 11 is 1.39. The molecule has 2 amide bonds. The van der Waals surface area contributed by atoms with E-state index in [0.717, 1.165) is 23.3 Å². The zero-order valence-corrected chi connectivity index (χ0v) is 15.8. The molecule has 1 fully saturated rings. The van der Waals surface area contributed by atoms with Crippen LogP contribution >= 0.6 is 11.3 Å². The van der Waals surface area contributed by atoms with Crippen LogP contribution in [0.15, 0.2) is 12.2 Å². The lowest BCUT2D eigenvalue weighted by molar-refractivity contribution is -0.146. The highest BCUT2D eigenvalue weighted by molar-refractivity contribution is 7.16. The van der Waals surface area contributed by atoms with E-state index in [0.29, 0.717) is 29.8 Å². The van der Waals surface area contributed by atoms with E-state index in [4.69, 9.17) is 0 Å². The average Bonchev–Trinajstić information content (AvgIpc) is 3.36. The molecule has 0 radical (unpaired) electrons. The van der Waals surface area contributed by atoms with E-state index in [1.165, 1.54) is 11.3 Å². The van der Waals surface area contributed by atoms with Gasteiger partial charge in [0, 0.05) is 10.9 Å². The largest absolute Gasteiger partial charge is 0.481 e. The lowest BCUT2D eigenvalue weighted by Crippen LogP contribution is -2.35. The topological polar surface area (TPSA) is 95.5 Å². The quantitative estimate of drug-likeness (QED) is 0.665. The van der Waals surface area contributed by atoms with E-state index < -0.39 is 17.8 Å². The van der Waals surface area contributed by atoms with Crippen LogP contribution in [-0.2, 0) is 16.0 Å². The Labute approximate surface area is 156 Å². The molecule has 0 aromatic carbocycles. The Morgan fingerprint density at radius 2 is 1.85 bits per heavy atom. The summed E-state index contributed by atoms with van der Waals surface area (Å²) < 4.78 is 0. The van der Waals surface area contributed by atoms with Crippen LogP contribution in [0, 0.1) is 18.8 Å². The van der Waals surface area contributed by atoms with Gasteiger partial charge in [-0.2, -0.15) is 0 Å². The summed E-state index contributed by atoms with van der Waals surface area (Å²) in [6, 6.07) is 0.232. The third-order valence-electron chi connectivity index (χ3n) is 5.03. The number of aryl methyl sites for hydroxylation is 1. The van der Waals surface area contributed by atoms with Crippen molar-refractivity contribution in [3.63, 3.8) is 0 Å². The standard InChI is InChI=1S/C19H24N2O4S/c1-3-12-10(2)26-18(15(12)17(23)20-11-8-9-11)21-16(22)13-6-4-5-7-14(13)19(24)25/h4-5,11,13-14H,3,6-9H2,1-2H3,(H,20,23)(H,21,22)(H,24,25)/t13-,14+/m0/s1. The van der Waals surface area contributed by atoms with Crippen molar-refractivity contribution in [1.29, 1.82) is 0 Å². The van der Waals surface area contributed by atoms with Gasteiger partial charge in [0.15, 0.2) is 0 Å². The highest BCUT2D eigenvalue weighted by atomic mass is 32.1. The minimum absolute atomic E-state index is 0.151. The first-order chi connectivity index (χ1) is 12.4. The molecular weight excluding hydrogens is 352 g/mol. The molecule has 2 atom stereocenters. The number of rotatable bonds is 6. The number of carboxylic acid groups (broad SMARTS) is 1. The summed E-state index contributed by atoms with van der Waals surface area (Å²) in [7, 11) is 0. The Kier molecular flexibility index (Phi) is 5.46. The molecule has 0 saturated heterocycles. The number of hydrogen-bond acceptors (Lipinski definition) is 4. The molecule has 0 spiro atoms. The van der Waals surface area contributed by atoms with Gasteiger partial charge in [-0.1, -0.05) is 19.1 Å². The normalized spacial score (nSPS) is 22.1. The molecule has 2 aliphatic rings. The molecule has 6 nitrogen and oxygen atoms in total. The first kappa shape index (κ1) is 18.6. The summed E-state index contributed by atoms with van der Waals surface area (Å²) in [5.41, 5.74) is 1.48. The molecule has 0 aliphatic heterocycles. The predicted octanol–water partition coefficient (Wildman–Crippen LogP) is 3.12. The van der Waals surface area contributed by atoms with Gasteiger partial charge in [0.05, 0.1) is 17.4 Å². The summed E-state index contributed by atoms with van der Waals surface area (Å²) in [6.45, 7) is 3.93. The first-order valence-electron chi connectivity index (χ1n) is 9.04.